The molecule has 0 radical (unpaired) electrons. The van der Waals surface area contributed by atoms with Gasteiger partial charge in [-0.05, 0) is 55.5 Å². The highest BCUT2D eigenvalue weighted by molar-refractivity contribution is 7.92. The summed E-state index contributed by atoms with van der Waals surface area (Å²) in [5, 5.41) is 0. The van der Waals surface area contributed by atoms with Crippen LogP contribution in [0.3, 0.4) is 0 Å². The molecule has 0 saturated heterocycles. The number of sulfonamides is 1. The molecule has 6 nitrogen and oxygen atoms in total. The first-order chi connectivity index (χ1) is 11.7. The molecule has 132 valence electrons. The molecule has 1 atom stereocenters. The highest BCUT2D eigenvalue weighted by Crippen LogP contribution is 2.14. The van der Waals surface area contributed by atoms with Gasteiger partial charge in [0.2, 0.25) is 15.8 Å². The summed E-state index contributed by atoms with van der Waals surface area (Å²) in [5.74, 6) is -1.67. The molecule has 0 aliphatic carbocycles. The zero-order chi connectivity index (χ0) is 18.6. The van der Waals surface area contributed by atoms with Crippen molar-refractivity contribution < 1.29 is 27.1 Å². The maximum Gasteiger partial charge on any atom is 0.338 e. The van der Waals surface area contributed by atoms with E-state index < -0.39 is 33.7 Å². The molecule has 2 rings (SSSR count). The number of rotatable bonds is 6. The minimum absolute atomic E-state index is 0.133. The molecule has 0 fully saturated rings. The van der Waals surface area contributed by atoms with E-state index in [9.17, 15) is 22.4 Å². The van der Waals surface area contributed by atoms with Gasteiger partial charge in [0, 0.05) is 11.3 Å². The van der Waals surface area contributed by atoms with Gasteiger partial charge in [0.15, 0.2) is 6.10 Å². The Morgan fingerprint density at radius 3 is 2.04 bits per heavy atom. The standard InChI is InChI=1S/C17H16FNO5S/c1-11(24-17(21)13-3-7-14(18)8-4-13)16(20)12-5-9-15(10-6-12)19-25(2,22)23/h3-11,19H,1-2H3/t11-/m1/s1. The third kappa shape index (κ3) is 5.39. The summed E-state index contributed by atoms with van der Waals surface area (Å²) in [7, 11) is -3.41. The van der Waals surface area contributed by atoms with Crippen molar-refractivity contribution >= 4 is 27.5 Å². The Morgan fingerprint density at radius 2 is 1.52 bits per heavy atom. The fourth-order valence-corrected chi connectivity index (χ4v) is 2.58. The minimum atomic E-state index is -3.41. The number of ether oxygens (including phenoxy) is 1. The van der Waals surface area contributed by atoms with E-state index >= 15 is 0 Å². The number of carbonyl (C=O) groups excluding carboxylic acids is 2. The Hall–Kier alpha value is -2.74. The van der Waals surface area contributed by atoms with Gasteiger partial charge in [-0.15, -0.1) is 0 Å². The highest BCUT2D eigenvalue weighted by Gasteiger charge is 2.20. The Labute approximate surface area is 144 Å². The van der Waals surface area contributed by atoms with Crippen LogP contribution >= 0.6 is 0 Å². The van der Waals surface area contributed by atoms with Gasteiger partial charge < -0.3 is 4.74 Å². The molecule has 0 saturated carbocycles. The molecule has 1 N–H and O–H groups in total. The number of carbonyl (C=O) groups is 2. The second kappa shape index (κ2) is 7.43. The number of Topliss-reactive ketones (excluding diaryl/α,β-unsaturated/α-hetero) is 1. The van der Waals surface area contributed by atoms with Crippen LogP contribution in [0.1, 0.15) is 27.6 Å². The van der Waals surface area contributed by atoms with Gasteiger partial charge in [0.1, 0.15) is 5.82 Å². The van der Waals surface area contributed by atoms with Gasteiger partial charge in [-0.1, -0.05) is 0 Å². The topological polar surface area (TPSA) is 89.5 Å². The largest absolute Gasteiger partial charge is 0.451 e. The molecule has 0 bridgehead atoms. The number of hydrogen-bond acceptors (Lipinski definition) is 5. The van der Waals surface area contributed by atoms with Crippen LogP contribution in [0.5, 0.6) is 0 Å². The molecule has 0 heterocycles. The van der Waals surface area contributed by atoms with E-state index in [1.165, 1.54) is 43.3 Å². The second-order valence-corrected chi connectivity index (χ2v) is 7.12. The lowest BCUT2D eigenvalue weighted by Crippen LogP contribution is -2.24. The summed E-state index contributed by atoms with van der Waals surface area (Å²) < 4.78 is 42.5. The smallest absolute Gasteiger partial charge is 0.338 e. The van der Waals surface area contributed by atoms with E-state index in [-0.39, 0.29) is 11.1 Å². The van der Waals surface area contributed by atoms with E-state index in [1.807, 2.05) is 0 Å². The first-order valence-electron chi connectivity index (χ1n) is 7.24. The molecule has 0 unspecified atom stereocenters. The highest BCUT2D eigenvalue weighted by atomic mass is 32.2. The quantitative estimate of drug-likeness (QED) is 0.628. The Balaban J connectivity index is 2.04. The van der Waals surface area contributed by atoms with Crippen LogP contribution in [-0.4, -0.2) is 32.5 Å². The van der Waals surface area contributed by atoms with Crippen LogP contribution in [0.4, 0.5) is 10.1 Å². The number of anilines is 1. The number of nitrogens with one attached hydrogen (secondary N) is 1. The SMILES string of the molecule is C[C@@H](OC(=O)c1ccc(F)cc1)C(=O)c1ccc(NS(C)(=O)=O)cc1. The molecule has 0 aliphatic rings. The summed E-state index contributed by atoms with van der Waals surface area (Å²) in [6.45, 7) is 1.42. The number of hydrogen-bond donors (Lipinski definition) is 1. The summed E-state index contributed by atoms with van der Waals surface area (Å²) in [5.41, 5.74) is 0.710. The monoisotopic (exact) mass is 365 g/mol. The maximum absolute atomic E-state index is 12.8. The van der Waals surface area contributed by atoms with Crippen LogP contribution in [0.15, 0.2) is 48.5 Å². The number of esters is 1. The van der Waals surface area contributed by atoms with Crippen LogP contribution in [0.25, 0.3) is 0 Å². The summed E-state index contributed by atoms with van der Waals surface area (Å²) >= 11 is 0. The number of halogens is 1. The predicted molar refractivity (Wildman–Crippen MR) is 90.5 cm³/mol. The fraction of sp³-hybridized carbons (Fsp3) is 0.176. The predicted octanol–water partition coefficient (Wildman–Crippen LogP) is 2.63. The van der Waals surface area contributed by atoms with Gasteiger partial charge in [-0.25, -0.2) is 17.6 Å². The van der Waals surface area contributed by atoms with Crippen molar-refractivity contribution in [2.45, 2.75) is 13.0 Å². The Kier molecular flexibility index (Phi) is 5.53. The van der Waals surface area contributed by atoms with Crippen LogP contribution in [0.2, 0.25) is 0 Å². The van der Waals surface area contributed by atoms with Crippen molar-refractivity contribution in [2.24, 2.45) is 0 Å². The summed E-state index contributed by atoms with van der Waals surface area (Å²) in [6.07, 6.45) is -0.0328. The first-order valence-corrected chi connectivity index (χ1v) is 9.13. The molecule has 2 aromatic rings. The molecule has 0 spiro atoms. The zero-order valence-corrected chi connectivity index (χ0v) is 14.3. The molecule has 0 aliphatic heterocycles. The van der Waals surface area contributed by atoms with Crippen molar-refractivity contribution in [1.29, 1.82) is 0 Å². The van der Waals surface area contributed by atoms with E-state index in [0.29, 0.717) is 5.69 Å². The molecular formula is C17H16FNO5S. The lowest BCUT2D eigenvalue weighted by Gasteiger charge is -2.13. The molecule has 2 aromatic carbocycles. The lowest BCUT2D eigenvalue weighted by atomic mass is 10.1. The third-order valence-corrected chi connectivity index (χ3v) is 3.81. The normalized spacial score (nSPS) is 12.3. The van der Waals surface area contributed by atoms with E-state index in [1.54, 1.807) is 0 Å². The van der Waals surface area contributed by atoms with Crippen molar-refractivity contribution in [3.8, 4) is 0 Å². The van der Waals surface area contributed by atoms with Crippen molar-refractivity contribution in [2.75, 3.05) is 11.0 Å². The van der Waals surface area contributed by atoms with Gasteiger partial charge in [-0.2, -0.15) is 0 Å². The molecule has 0 aromatic heterocycles. The first kappa shape index (κ1) is 18.6. The summed E-state index contributed by atoms with van der Waals surface area (Å²) in [6, 6.07) is 10.5. The lowest BCUT2D eigenvalue weighted by molar-refractivity contribution is 0.0319. The van der Waals surface area contributed by atoms with Gasteiger partial charge in [0.25, 0.3) is 0 Å². The van der Waals surface area contributed by atoms with E-state index in [4.69, 9.17) is 4.74 Å². The van der Waals surface area contributed by atoms with Crippen molar-refractivity contribution in [1.82, 2.24) is 0 Å². The molecular weight excluding hydrogens is 349 g/mol. The Morgan fingerprint density at radius 1 is 1.00 bits per heavy atom. The van der Waals surface area contributed by atoms with Crippen LogP contribution in [0, 0.1) is 5.82 Å². The average Bonchev–Trinajstić information content (AvgIpc) is 2.54. The molecule has 8 heteroatoms. The van der Waals surface area contributed by atoms with E-state index in [0.717, 1.165) is 18.4 Å². The minimum Gasteiger partial charge on any atom is -0.451 e. The molecule has 0 amide bonds. The van der Waals surface area contributed by atoms with Gasteiger partial charge >= 0.3 is 5.97 Å². The van der Waals surface area contributed by atoms with Crippen molar-refractivity contribution in [3.05, 3.63) is 65.5 Å². The van der Waals surface area contributed by atoms with Crippen molar-refractivity contribution in [3.63, 3.8) is 0 Å². The summed E-state index contributed by atoms with van der Waals surface area (Å²) in [4.78, 5) is 24.2. The zero-order valence-electron chi connectivity index (χ0n) is 13.5. The van der Waals surface area contributed by atoms with Gasteiger partial charge in [-0.3, -0.25) is 9.52 Å². The maximum atomic E-state index is 12.8. The number of ketones is 1. The third-order valence-electron chi connectivity index (χ3n) is 3.21. The fourth-order valence-electron chi connectivity index (χ4n) is 2.02. The van der Waals surface area contributed by atoms with Crippen LogP contribution in [-0.2, 0) is 14.8 Å². The van der Waals surface area contributed by atoms with E-state index in [2.05, 4.69) is 4.72 Å². The Bertz CT molecular complexity index is 876. The van der Waals surface area contributed by atoms with Crippen LogP contribution < -0.4 is 4.72 Å². The average molecular weight is 365 g/mol. The second-order valence-electron chi connectivity index (χ2n) is 5.37. The molecule has 25 heavy (non-hydrogen) atoms. The number of benzene rings is 2. The van der Waals surface area contributed by atoms with Gasteiger partial charge in [0.05, 0.1) is 11.8 Å².